The number of nitrogens with zero attached hydrogens (tertiary/aromatic N) is 2. The Balaban J connectivity index is 1.74. The van der Waals surface area contributed by atoms with Crippen molar-refractivity contribution in [1.29, 1.82) is 0 Å². The van der Waals surface area contributed by atoms with Gasteiger partial charge in [-0.05, 0) is 74.2 Å². The van der Waals surface area contributed by atoms with Gasteiger partial charge in [0, 0.05) is 22.6 Å². The van der Waals surface area contributed by atoms with Gasteiger partial charge in [0.05, 0.1) is 20.6 Å². The molecule has 0 aliphatic heterocycles. The van der Waals surface area contributed by atoms with Crippen molar-refractivity contribution >= 4 is 73.9 Å². The van der Waals surface area contributed by atoms with E-state index in [1.807, 2.05) is 13.8 Å². The largest absolute Gasteiger partial charge is 0.352 e. The number of nitrogens with one attached hydrogen (secondary N) is 1. The second-order valence-electron chi connectivity index (χ2n) is 10.9. The second kappa shape index (κ2) is 15.2. The third kappa shape index (κ3) is 8.40. The molecule has 1 fully saturated rings. The highest BCUT2D eigenvalue weighted by molar-refractivity contribution is 7.92. The van der Waals surface area contributed by atoms with Crippen LogP contribution in [0, 0.1) is 6.92 Å². The van der Waals surface area contributed by atoms with Crippen LogP contribution in [0.5, 0.6) is 0 Å². The Labute approximate surface area is 279 Å². The summed E-state index contributed by atoms with van der Waals surface area (Å²) in [6.45, 7) is 3.02. The van der Waals surface area contributed by atoms with Crippen LogP contribution in [0.1, 0.15) is 56.6 Å². The number of carbonyl (C=O) groups is 2. The van der Waals surface area contributed by atoms with E-state index >= 15 is 0 Å². The summed E-state index contributed by atoms with van der Waals surface area (Å²) < 4.78 is 29.1. The van der Waals surface area contributed by atoms with Crippen LogP contribution < -0.4 is 9.62 Å². The van der Waals surface area contributed by atoms with Crippen LogP contribution >= 0.6 is 46.4 Å². The van der Waals surface area contributed by atoms with Crippen LogP contribution in [0.4, 0.5) is 5.69 Å². The summed E-state index contributed by atoms with van der Waals surface area (Å²) in [5.41, 5.74) is 1.59. The minimum absolute atomic E-state index is 0.00338. The summed E-state index contributed by atoms with van der Waals surface area (Å²) in [4.78, 5) is 29.4. The predicted molar refractivity (Wildman–Crippen MR) is 178 cm³/mol. The summed E-state index contributed by atoms with van der Waals surface area (Å²) in [7, 11) is -4.25. The first kappa shape index (κ1) is 34.4. The molecule has 1 unspecified atom stereocenters. The van der Waals surface area contributed by atoms with Gasteiger partial charge in [-0.1, -0.05) is 96.4 Å². The molecule has 0 radical (unpaired) electrons. The molecule has 0 spiro atoms. The fraction of sp³-hybridized carbons (Fsp3) is 0.375. The maximum absolute atomic E-state index is 14.3. The van der Waals surface area contributed by atoms with Crippen molar-refractivity contribution in [2.45, 2.75) is 75.9 Å². The van der Waals surface area contributed by atoms with Crippen molar-refractivity contribution in [3.8, 4) is 0 Å². The van der Waals surface area contributed by atoms with Gasteiger partial charge in [0.2, 0.25) is 11.8 Å². The molecule has 0 heterocycles. The van der Waals surface area contributed by atoms with E-state index in [0.29, 0.717) is 22.0 Å². The molecule has 12 heteroatoms. The smallest absolute Gasteiger partial charge is 0.264 e. The van der Waals surface area contributed by atoms with Crippen molar-refractivity contribution in [1.82, 2.24) is 10.2 Å². The number of hydrogen-bond donors (Lipinski definition) is 1. The molecule has 0 aromatic heterocycles. The van der Waals surface area contributed by atoms with E-state index in [-0.39, 0.29) is 39.1 Å². The molecule has 7 nitrogen and oxygen atoms in total. The van der Waals surface area contributed by atoms with E-state index in [2.05, 4.69) is 5.32 Å². The van der Waals surface area contributed by atoms with E-state index in [0.717, 1.165) is 42.0 Å². The number of amides is 2. The molecule has 3 aromatic carbocycles. The van der Waals surface area contributed by atoms with Crippen LogP contribution in [-0.2, 0) is 26.2 Å². The zero-order valence-corrected chi connectivity index (χ0v) is 28.4. The minimum atomic E-state index is -4.25. The molecule has 1 aliphatic rings. The number of hydrogen-bond acceptors (Lipinski definition) is 4. The van der Waals surface area contributed by atoms with E-state index in [4.69, 9.17) is 46.4 Å². The topological polar surface area (TPSA) is 86.8 Å². The van der Waals surface area contributed by atoms with Gasteiger partial charge in [-0.15, -0.1) is 0 Å². The van der Waals surface area contributed by atoms with Crippen molar-refractivity contribution in [3.05, 3.63) is 91.9 Å². The minimum Gasteiger partial charge on any atom is -0.352 e. The lowest BCUT2D eigenvalue weighted by atomic mass is 9.95. The highest BCUT2D eigenvalue weighted by Crippen LogP contribution is 2.31. The molecule has 236 valence electrons. The van der Waals surface area contributed by atoms with Crippen LogP contribution in [0.3, 0.4) is 0 Å². The Bertz CT molecular complexity index is 1600. The average Bonchev–Trinajstić information content (AvgIpc) is 2.99. The normalized spacial score (nSPS) is 14.6. The quantitative estimate of drug-likeness (QED) is 0.220. The molecule has 44 heavy (non-hydrogen) atoms. The third-order valence-electron chi connectivity index (χ3n) is 7.77. The van der Waals surface area contributed by atoms with Crippen LogP contribution in [0.2, 0.25) is 20.1 Å². The summed E-state index contributed by atoms with van der Waals surface area (Å²) in [6.07, 6.45) is 5.23. The first-order valence-electron chi connectivity index (χ1n) is 14.5. The van der Waals surface area contributed by atoms with Gasteiger partial charge < -0.3 is 10.2 Å². The Kier molecular flexibility index (Phi) is 11.9. The number of carbonyl (C=O) groups excluding carboxylic acids is 2. The molecule has 4 rings (SSSR count). The van der Waals surface area contributed by atoms with Gasteiger partial charge in [-0.25, -0.2) is 8.42 Å². The molecular weight excluding hydrogens is 664 g/mol. The van der Waals surface area contributed by atoms with Crippen LogP contribution in [0.15, 0.2) is 65.6 Å². The maximum atomic E-state index is 14.3. The average molecular weight is 700 g/mol. The Hall–Kier alpha value is -2.49. The molecule has 1 atom stereocenters. The number of benzene rings is 3. The lowest BCUT2D eigenvalue weighted by molar-refractivity contribution is -0.140. The van der Waals surface area contributed by atoms with Crippen molar-refractivity contribution in [2.24, 2.45) is 0 Å². The fourth-order valence-corrected chi connectivity index (χ4v) is 7.47. The summed E-state index contributed by atoms with van der Waals surface area (Å²) in [5, 5.41) is 4.24. The van der Waals surface area contributed by atoms with Crippen LogP contribution in [-0.4, -0.2) is 43.8 Å². The Morgan fingerprint density at radius 2 is 1.57 bits per heavy atom. The van der Waals surface area contributed by atoms with Crippen LogP contribution in [0.25, 0.3) is 0 Å². The lowest BCUT2D eigenvalue weighted by Gasteiger charge is -2.34. The summed E-state index contributed by atoms with van der Waals surface area (Å²) >= 11 is 25.1. The first-order valence-corrected chi connectivity index (χ1v) is 17.4. The molecule has 3 aromatic rings. The fourth-order valence-electron chi connectivity index (χ4n) is 5.30. The van der Waals surface area contributed by atoms with E-state index in [9.17, 15) is 18.0 Å². The monoisotopic (exact) mass is 697 g/mol. The first-order chi connectivity index (χ1) is 20.9. The highest BCUT2D eigenvalue weighted by Gasteiger charge is 2.35. The number of halogens is 4. The summed E-state index contributed by atoms with van der Waals surface area (Å²) in [5.74, 6) is -0.885. The van der Waals surface area contributed by atoms with Crippen molar-refractivity contribution in [2.75, 3.05) is 10.8 Å². The third-order valence-corrected chi connectivity index (χ3v) is 10.9. The number of aryl methyl sites for hydroxylation is 1. The maximum Gasteiger partial charge on any atom is 0.264 e. The van der Waals surface area contributed by atoms with Crippen molar-refractivity contribution < 1.29 is 18.0 Å². The number of sulfonamides is 1. The second-order valence-corrected chi connectivity index (χ2v) is 14.5. The van der Waals surface area contributed by atoms with Gasteiger partial charge in [0.1, 0.15) is 12.6 Å². The van der Waals surface area contributed by atoms with E-state index < -0.39 is 28.5 Å². The zero-order valence-electron chi connectivity index (χ0n) is 24.5. The van der Waals surface area contributed by atoms with Gasteiger partial charge in [0.25, 0.3) is 10.0 Å². The molecule has 0 saturated heterocycles. The van der Waals surface area contributed by atoms with Crippen molar-refractivity contribution in [3.63, 3.8) is 0 Å². The Morgan fingerprint density at radius 3 is 2.18 bits per heavy atom. The summed E-state index contributed by atoms with van der Waals surface area (Å²) in [6, 6.07) is 14.7. The van der Waals surface area contributed by atoms with Gasteiger partial charge in [-0.3, -0.25) is 13.9 Å². The molecular formula is C32H35Cl4N3O4S. The Morgan fingerprint density at radius 1 is 0.886 bits per heavy atom. The highest BCUT2D eigenvalue weighted by atomic mass is 35.5. The van der Waals surface area contributed by atoms with E-state index in [1.165, 1.54) is 35.2 Å². The zero-order chi connectivity index (χ0) is 32.0. The standard InChI is InChI=1S/C32H35Cl4N3O4S/c1-3-30(32(41)37-24-7-5-4-6-8-24)38(19-22-11-12-23(33)17-28(22)35)31(40)20-39(25-13-16-27(34)29(36)18-25)44(42,43)26-14-9-21(2)10-15-26/h9-18,24,30H,3-8,19-20H2,1-2H3,(H,37,41). The molecule has 2 amide bonds. The molecule has 0 bridgehead atoms. The molecule has 1 aliphatic carbocycles. The molecule has 1 N–H and O–H groups in total. The van der Waals surface area contributed by atoms with Gasteiger partial charge >= 0.3 is 0 Å². The predicted octanol–water partition coefficient (Wildman–Crippen LogP) is 8.06. The number of rotatable bonds is 11. The lowest BCUT2D eigenvalue weighted by Crippen LogP contribution is -2.54. The van der Waals surface area contributed by atoms with Gasteiger partial charge in [0.15, 0.2) is 0 Å². The van der Waals surface area contributed by atoms with E-state index in [1.54, 1.807) is 30.3 Å². The SMILES string of the molecule is CCC(C(=O)NC1CCCCC1)N(Cc1ccc(Cl)cc1Cl)C(=O)CN(c1ccc(Cl)c(Cl)c1)S(=O)(=O)c1ccc(C)cc1. The number of anilines is 1. The van der Waals surface area contributed by atoms with Gasteiger partial charge in [-0.2, -0.15) is 0 Å². The molecule has 1 saturated carbocycles.